The molecule has 2 unspecified atom stereocenters. The zero-order valence-corrected chi connectivity index (χ0v) is 20.2. The lowest BCUT2D eigenvalue weighted by Crippen LogP contribution is -2.65. The van der Waals surface area contributed by atoms with E-state index in [0.717, 1.165) is 56.4 Å². The molecule has 0 aromatic carbocycles. The maximum absolute atomic E-state index is 5.99. The number of hydrogen-bond acceptors (Lipinski definition) is 4. The van der Waals surface area contributed by atoms with E-state index in [9.17, 15) is 0 Å². The first kappa shape index (κ1) is 23.4. The van der Waals surface area contributed by atoms with Crippen molar-refractivity contribution >= 4 is 29.9 Å². The van der Waals surface area contributed by atoms with Gasteiger partial charge in [0, 0.05) is 38.1 Å². The van der Waals surface area contributed by atoms with Gasteiger partial charge < -0.3 is 19.9 Å². The summed E-state index contributed by atoms with van der Waals surface area (Å²) in [6, 6.07) is 0.394. The zero-order chi connectivity index (χ0) is 19.3. The summed E-state index contributed by atoms with van der Waals surface area (Å²) in [5, 5.41) is 15.9. The third-order valence-corrected chi connectivity index (χ3v) is 6.60. The highest BCUT2D eigenvalue weighted by molar-refractivity contribution is 14.0. The van der Waals surface area contributed by atoms with Crippen LogP contribution in [0, 0.1) is 5.41 Å². The Labute approximate surface area is 186 Å². The third-order valence-electron chi connectivity index (χ3n) is 6.60. The van der Waals surface area contributed by atoms with E-state index in [1.54, 1.807) is 0 Å². The molecule has 1 aromatic heterocycles. The van der Waals surface area contributed by atoms with Crippen molar-refractivity contribution in [1.82, 2.24) is 25.4 Å². The highest BCUT2D eigenvalue weighted by Gasteiger charge is 2.53. The summed E-state index contributed by atoms with van der Waals surface area (Å²) >= 11 is 0. The lowest BCUT2D eigenvalue weighted by molar-refractivity contribution is -0.133. The summed E-state index contributed by atoms with van der Waals surface area (Å²) in [7, 11) is 1.83. The van der Waals surface area contributed by atoms with Crippen LogP contribution in [0.15, 0.2) is 4.99 Å². The minimum absolute atomic E-state index is 0. The molecule has 2 N–H and O–H groups in total. The van der Waals surface area contributed by atoms with Crippen molar-refractivity contribution < 1.29 is 4.74 Å². The van der Waals surface area contributed by atoms with Gasteiger partial charge in [-0.3, -0.25) is 4.99 Å². The second-order valence-corrected chi connectivity index (χ2v) is 7.74. The number of nitrogens with one attached hydrogen (secondary N) is 2. The number of rotatable bonds is 7. The molecule has 0 saturated heterocycles. The van der Waals surface area contributed by atoms with Gasteiger partial charge in [-0.2, -0.15) is 0 Å². The van der Waals surface area contributed by atoms with Crippen LogP contribution in [-0.4, -0.2) is 46.5 Å². The minimum atomic E-state index is 0. The summed E-state index contributed by atoms with van der Waals surface area (Å²) in [4.78, 5) is 4.44. The number of fused-ring (bicyclic) bond motifs is 1. The molecule has 2 aliphatic rings. The topological polar surface area (TPSA) is 76.4 Å². The minimum Gasteiger partial charge on any atom is -0.378 e. The monoisotopic (exact) mass is 504 g/mol. The van der Waals surface area contributed by atoms with Gasteiger partial charge >= 0.3 is 0 Å². The molecule has 160 valence electrons. The number of guanidine groups is 1. The molecule has 7 nitrogen and oxygen atoms in total. The molecule has 0 spiro atoms. The first-order valence-corrected chi connectivity index (χ1v) is 10.7. The molecule has 1 aliphatic heterocycles. The van der Waals surface area contributed by atoms with Crippen molar-refractivity contribution in [2.24, 2.45) is 10.4 Å². The first-order chi connectivity index (χ1) is 13.2. The maximum atomic E-state index is 5.99. The van der Waals surface area contributed by atoms with Crippen LogP contribution in [0.3, 0.4) is 0 Å². The van der Waals surface area contributed by atoms with Crippen LogP contribution in [0.25, 0.3) is 0 Å². The van der Waals surface area contributed by atoms with Crippen LogP contribution in [0.4, 0.5) is 0 Å². The predicted molar refractivity (Wildman–Crippen MR) is 123 cm³/mol. The van der Waals surface area contributed by atoms with Gasteiger partial charge in [-0.1, -0.05) is 20.3 Å². The second kappa shape index (κ2) is 10.8. The second-order valence-electron chi connectivity index (χ2n) is 7.74. The quantitative estimate of drug-likeness (QED) is 0.339. The normalized spacial score (nSPS) is 23.8. The molecular formula is C20H37IN6O. The highest BCUT2D eigenvalue weighted by Crippen LogP contribution is 2.48. The van der Waals surface area contributed by atoms with Crippen molar-refractivity contribution in [3.05, 3.63) is 11.6 Å². The molecule has 1 fully saturated rings. The molecule has 1 saturated carbocycles. The highest BCUT2D eigenvalue weighted by atomic mass is 127. The Balaban J connectivity index is 0.00000280. The largest absolute Gasteiger partial charge is 0.378 e. The number of ether oxygens (including phenoxy) is 1. The first-order valence-electron chi connectivity index (χ1n) is 10.7. The molecule has 2 heterocycles. The lowest BCUT2D eigenvalue weighted by Gasteiger charge is -2.55. The van der Waals surface area contributed by atoms with Crippen LogP contribution >= 0.6 is 24.0 Å². The average molecular weight is 504 g/mol. The number of hydrogen-bond donors (Lipinski definition) is 2. The molecular weight excluding hydrogens is 467 g/mol. The number of aromatic nitrogens is 3. The molecule has 2 atom stereocenters. The Kier molecular flexibility index (Phi) is 8.98. The molecule has 28 heavy (non-hydrogen) atoms. The van der Waals surface area contributed by atoms with E-state index >= 15 is 0 Å². The van der Waals surface area contributed by atoms with Gasteiger partial charge in [0.2, 0.25) is 0 Å². The smallest absolute Gasteiger partial charge is 0.191 e. The van der Waals surface area contributed by atoms with Crippen LogP contribution in [0.5, 0.6) is 0 Å². The molecule has 0 amide bonds. The summed E-state index contributed by atoms with van der Waals surface area (Å²) in [6.45, 7) is 9.08. The van der Waals surface area contributed by atoms with E-state index in [-0.39, 0.29) is 29.4 Å². The lowest BCUT2D eigenvalue weighted by atomic mass is 9.58. The van der Waals surface area contributed by atoms with Gasteiger partial charge in [0.05, 0.1) is 12.6 Å². The van der Waals surface area contributed by atoms with Crippen molar-refractivity contribution in [2.45, 2.75) is 91.0 Å². The van der Waals surface area contributed by atoms with Crippen LogP contribution in [0.1, 0.15) is 70.9 Å². The maximum Gasteiger partial charge on any atom is 0.191 e. The van der Waals surface area contributed by atoms with Gasteiger partial charge in [0.1, 0.15) is 5.82 Å². The Morgan fingerprint density at radius 1 is 1.21 bits per heavy atom. The number of halogens is 1. The van der Waals surface area contributed by atoms with E-state index in [0.29, 0.717) is 18.7 Å². The average Bonchev–Trinajstić information content (AvgIpc) is 2.91. The predicted octanol–water partition coefficient (Wildman–Crippen LogP) is 3.27. The fourth-order valence-corrected chi connectivity index (χ4v) is 4.78. The third kappa shape index (κ3) is 4.63. The standard InChI is InChI=1S/C20H36N6O.HI/c1-5-20(6-2)15(13-16(20)27-7-3)23-19(21-4)22-14-18-25-24-17-11-9-8-10-12-26(17)18;/h15-16H,5-14H2,1-4H3,(H2,21,22,23);1H. The molecule has 8 heteroatoms. The fraction of sp³-hybridized carbons (Fsp3) is 0.850. The van der Waals surface area contributed by atoms with E-state index in [1.807, 2.05) is 7.05 Å². The van der Waals surface area contributed by atoms with Gasteiger partial charge in [-0.05, 0) is 39.0 Å². The van der Waals surface area contributed by atoms with Gasteiger partial charge in [0.25, 0.3) is 0 Å². The van der Waals surface area contributed by atoms with Gasteiger partial charge in [-0.15, -0.1) is 34.2 Å². The Morgan fingerprint density at radius 3 is 2.68 bits per heavy atom. The van der Waals surface area contributed by atoms with Crippen molar-refractivity contribution in [1.29, 1.82) is 0 Å². The van der Waals surface area contributed by atoms with E-state index < -0.39 is 0 Å². The Morgan fingerprint density at radius 2 is 2.00 bits per heavy atom. The number of aryl methyl sites for hydroxylation is 1. The van der Waals surface area contributed by atoms with Gasteiger partial charge in [-0.25, -0.2) is 0 Å². The van der Waals surface area contributed by atoms with Crippen molar-refractivity contribution in [3.63, 3.8) is 0 Å². The summed E-state index contributed by atoms with van der Waals surface area (Å²) in [5.41, 5.74) is 0.194. The summed E-state index contributed by atoms with van der Waals surface area (Å²) in [6.07, 6.45) is 8.35. The molecule has 0 radical (unpaired) electrons. The fourth-order valence-electron chi connectivity index (χ4n) is 4.78. The van der Waals surface area contributed by atoms with E-state index in [1.165, 1.54) is 19.3 Å². The van der Waals surface area contributed by atoms with Gasteiger partial charge in [0.15, 0.2) is 11.8 Å². The van der Waals surface area contributed by atoms with Crippen molar-refractivity contribution in [2.75, 3.05) is 13.7 Å². The number of nitrogens with zero attached hydrogens (tertiary/aromatic N) is 4. The van der Waals surface area contributed by atoms with Crippen molar-refractivity contribution in [3.8, 4) is 0 Å². The Hall–Kier alpha value is -0.900. The zero-order valence-electron chi connectivity index (χ0n) is 17.8. The molecule has 3 rings (SSSR count). The van der Waals surface area contributed by atoms with Crippen LogP contribution in [0.2, 0.25) is 0 Å². The van der Waals surface area contributed by atoms with E-state index in [4.69, 9.17) is 4.74 Å². The van der Waals surface area contributed by atoms with E-state index in [2.05, 4.69) is 51.2 Å². The molecule has 0 bridgehead atoms. The Bertz CT molecular complexity index is 643. The molecule has 1 aromatic rings. The molecule has 1 aliphatic carbocycles. The number of aliphatic imine (C=N–C) groups is 1. The van der Waals surface area contributed by atoms with Crippen LogP contribution < -0.4 is 10.6 Å². The SMILES string of the molecule is CCOC1CC(NC(=NC)NCc2nnc3n2CCCCC3)C1(CC)CC.I. The summed E-state index contributed by atoms with van der Waals surface area (Å²) < 4.78 is 8.27. The summed E-state index contributed by atoms with van der Waals surface area (Å²) in [5.74, 6) is 2.97. The van der Waals surface area contributed by atoms with Crippen LogP contribution in [-0.2, 0) is 24.2 Å².